The van der Waals surface area contributed by atoms with E-state index in [4.69, 9.17) is 5.26 Å². The molecule has 0 amide bonds. The van der Waals surface area contributed by atoms with Crippen molar-refractivity contribution in [3.8, 4) is 6.07 Å². The summed E-state index contributed by atoms with van der Waals surface area (Å²) >= 11 is 0. The number of nitrogens with zero attached hydrogens (tertiary/aromatic N) is 4. The van der Waals surface area contributed by atoms with Crippen molar-refractivity contribution < 1.29 is 8.42 Å². The second kappa shape index (κ2) is 9.33. The molecule has 0 aliphatic carbocycles. The minimum absolute atomic E-state index is 0.0767. The molecule has 3 N–H and O–H groups in total. The van der Waals surface area contributed by atoms with Crippen LogP contribution in [-0.2, 0) is 10.0 Å². The maximum absolute atomic E-state index is 12.5. The Hall–Kier alpha value is -4.49. The fourth-order valence-corrected chi connectivity index (χ4v) is 3.98. The molecule has 0 spiro atoms. The average molecular weight is 458 g/mol. The van der Waals surface area contributed by atoms with Crippen LogP contribution in [0.2, 0.25) is 0 Å². The van der Waals surface area contributed by atoms with Gasteiger partial charge in [-0.25, -0.2) is 23.4 Å². The summed E-state index contributed by atoms with van der Waals surface area (Å²) in [6, 6.07) is 20.0. The van der Waals surface area contributed by atoms with E-state index in [0.717, 1.165) is 11.3 Å². The topological polar surface area (TPSA) is 133 Å². The van der Waals surface area contributed by atoms with Gasteiger partial charge in [0.2, 0.25) is 0 Å². The van der Waals surface area contributed by atoms with Gasteiger partial charge < -0.3 is 10.6 Å². The minimum atomic E-state index is -3.76. The molecule has 0 bridgehead atoms. The van der Waals surface area contributed by atoms with Crippen molar-refractivity contribution >= 4 is 38.9 Å². The van der Waals surface area contributed by atoms with Crippen molar-refractivity contribution in [2.45, 2.75) is 11.8 Å². The number of hydrogen-bond donors (Lipinski definition) is 3. The Balaban J connectivity index is 1.43. The summed E-state index contributed by atoms with van der Waals surface area (Å²) in [4.78, 5) is 12.7. The molecule has 4 aromatic rings. The SMILES string of the molecule is Cc1ccnc(Nc2cc(Nc3ccc(NS(=O)(=O)c4ccc(C#N)cc4)cc3)ncn2)c1. The van der Waals surface area contributed by atoms with E-state index < -0.39 is 10.0 Å². The van der Waals surface area contributed by atoms with E-state index in [1.807, 2.05) is 25.1 Å². The first-order valence-corrected chi connectivity index (χ1v) is 11.3. The molecular weight excluding hydrogens is 438 g/mol. The average Bonchev–Trinajstić information content (AvgIpc) is 2.80. The zero-order valence-electron chi connectivity index (χ0n) is 17.5. The van der Waals surface area contributed by atoms with Gasteiger partial charge in [-0.2, -0.15) is 5.26 Å². The molecule has 2 aromatic carbocycles. The molecule has 2 aromatic heterocycles. The van der Waals surface area contributed by atoms with Crippen LogP contribution in [0.1, 0.15) is 11.1 Å². The van der Waals surface area contributed by atoms with Crippen LogP contribution in [0.5, 0.6) is 0 Å². The molecule has 0 saturated carbocycles. The second-order valence-corrected chi connectivity index (χ2v) is 8.76. The van der Waals surface area contributed by atoms with Crippen LogP contribution in [0.4, 0.5) is 28.8 Å². The number of hydrogen-bond acceptors (Lipinski definition) is 8. The highest BCUT2D eigenvalue weighted by molar-refractivity contribution is 7.92. The Kier molecular flexibility index (Phi) is 6.15. The normalized spacial score (nSPS) is 10.8. The monoisotopic (exact) mass is 457 g/mol. The largest absolute Gasteiger partial charge is 0.340 e. The number of aromatic nitrogens is 3. The molecule has 164 valence electrons. The highest BCUT2D eigenvalue weighted by Gasteiger charge is 2.14. The van der Waals surface area contributed by atoms with Crippen LogP contribution in [0, 0.1) is 18.3 Å². The molecule has 0 saturated heterocycles. The van der Waals surface area contributed by atoms with Gasteiger partial charge >= 0.3 is 0 Å². The molecule has 0 aliphatic rings. The van der Waals surface area contributed by atoms with Gasteiger partial charge in [0.05, 0.1) is 16.5 Å². The third-order valence-corrected chi connectivity index (χ3v) is 5.94. The number of pyridine rings is 1. The van der Waals surface area contributed by atoms with Crippen LogP contribution < -0.4 is 15.4 Å². The molecular formula is C23H19N7O2S. The predicted octanol–water partition coefficient (Wildman–Crippen LogP) is 4.34. The third-order valence-electron chi connectivity index (χ3n) is 4.54. The number of anilines is 5. The third kappa shape index (κ3) is 5.61. The summed E-state index contributed by atoms with van der Waals surface area (Å²) in [6.45, 7) is 1.98. The van der Waals surface area contributed by atoms with Crippen molar-refractivity contribution in [2.24, 2.45) is 0 Å². The lowest BCUT2D eigenvalue weighted by molar-refractivity contribution is 0.601. The molecule has 9 nitrogen and oxygen atoms in total. The van der Waals surface area contributed by atoms with Gasteiger partial charge in [-0.1, -0.05) is 0 Å². The van der Waals surface area contributed by atoms with Gasteiger partial charge in [0, 0.05) is 23.6 Å². The summed E-state index contributed by atoms with van der Waals surface area (Å²) in [5.41, 5.74) is 2.59. The van der Waals surface area contributed by atoms with Gasteiger partial charge in [-0.15, -0.1) is 0 Å². The maximum Gasteiger partial charge on any atom is 0.261 e. The molecule has 0 aliphatic heterocycles. The van der Waals surface area contributed by atoms with Crippen LogP contribution >= 0.6 is 0 Å². The first-order chi connectivity index (χ1) is 15.9. The van der Waals surface area contributed by atoms with E-state index in [1.54, 1.807) is 36.5 Å². The Bertz CT molecular complexity index is 1410. The Morgan fingerprint density at radius 2 is 1.42 bits per heavy atom. The lowest BCUT2D eigenvalue weighted by atomic mass is 10.2. The lowest BCUT2D eigenvalue weighted by Gasteiger charge is -2.11. The fourth-order valence-electron chi connectivity index (χ4n) is 2.92. The molecule has 0 fully saturated rings. The Morgan fingerprint density at radius 1 is 0.788 bits per heavy atom. The number of nitrogens with one attached hydrogen (secondary N) is 3. The van der Waals surface area contributed by atoms with Crippen LogP contribution in [0.3, 0.4) is 0 Å². The highest BCUT2D eigenvalue weighted by atomic mass is 32.2. The Labute approximate surface area is 191 Å². The van der Waals surface area contributed by atoms with Crippen LogP contribution in [-0.4, -0.2) is 23.4 Å². The molecule has 0 unspecified atom stereocenters. The van der Waals surface area contributed by atoms with Gasteiger partial charge in [-0.3, -0.25) is 4.72 Å². The smallest absolute Gasteiger partial charge is 0.261 e. The molecule has 4 rings (SSSR count). The summed E-state index contributed by atoms with van der Waals surface area (Å²) in [7, 11) is -3.76. The fraction of sp³-hybridized carbons (Fsp3) is 0.0435. The van der Waals surface area contributed by atoms with Gasteiger partial charge in [0.15, 0.2) is 0 Å². The van der Waals surface area contributed by atoms with E-state index in [2.05, 4.69) is 30.3 Å². The first kappa shape index (κ1) is 21.7. The first-order valence-electron chi connectivity index (χ1n) is 9.83. The van der Waals surface area contributed by atoms with E-state index in [0.29, 0.717) is 28.7 Å². The van der Waals surface area contributed by atoms with Gasteiger partial charge in [0.25, 0.3) is 10.0 Å². The van der Waals surface area contributed by atoms with Crippen LogP contribution in [0.25, 0.3) is 0 Å². The van der Waals surface area contributed by atoms with Crippen molar-refractivity contribution in [1.29, 1.82) is 5.26 Å². The van der Waals surface area contributed by atoms with E-state index in [1.165, 1.54) is 30.6 Å². The maximum atomic E-state index is 12.5. The number of nitriles is 1. The van der Waals surface area contributed by atoms with Crippen molar-refractivity contribution in [1.82, 2.24) is 15.0 Å². The lowest BCUT2D eigenvalue weighted by Crippen LogP contribution is -2.12. The molecule has 2 heterocycles. The van der Waals surface area contributed by atoms with Crippen LogP contribution in [0.15, 0.2) is 84.1 Å². The number of aryl methyl sites for hydroxylation is 1. The van der Waals surface area contributed by atoms with Gasteiger partial charge in [-0.05, 0) is 73.2 Å². The standard InChI is InChI=1S/C23H19N7O2S/c1-16-10-11-25-21(12-16)29-23-13-22(26-15-27-23)28-18-4-6-19(7-5-18)30-33(31,32)20-8-2-17(14-24)3-9-20/h2-13,15,30H,1H3,(H2,25,26,27,28,29). The molecule has 10 heteroatoms. The number of sulfonamides is 1. The van der Waals surface area contributed by atoms with E-state index in [9.17, 15) is 8.42 Å². The summed E-state index contributed by atoms with van der Waals surface area (Å²) in [5, 5.41) is 15.1. The number of benzene rings is 2. The van der Waals surface area contributed by atoms with Crippen molar-refractivity contribution in [3.63, 3.8) is 0 Å². The van der Waals surface area contributed by atoms with E-state index >= 15 is 0 Å². The zero-order chi connectivity index (χ0) is 23.3. The van der Waals surface area contributed by atoms with Crippen molar-refractivity contribution in [3.05, 3.63) is 90.4 Å². The highest BCUT2D eigenvalue weighted by Crippen LogP contribution is 2.22. The molecule has 0 atom stereocenters. The minimum Gasteiger partial charge on any atom is -0.340 e. The van der Waals surface area contributed by atoms with E-state index in [-0.39, 0.29) is 4.90 Å². The number of rotatable bonds is 7. The Morgan fingerprint density at radius 3 is 2.09 bits per heavy atom. The molecule has 33 heavy (non-hydrogen) atoms. The summed E-state index contributed by atoms with van der Waals surface area (Å²) in [5.74, 6) is 1.82. The second-order valence-electron chi connectivity index (χ2n) is 7.08. The van der Waals surface area contributed by atoms with Gasteiger partial charge in [0.1, 0.15) is 23.8 Å². The molecule has 0 radical (unpaired) electrons. The summed E-state index contributed by atoms with van der Waals surface area (Å²) < 4.78 is 27.6. The summed E-state index contributed by atoms with van der Waals surface area (Å²) in [6.07, 6.45) is 3.15. The van der Waals surface area contributed by atoms with Crippen molar-refractivity contribution in [2.75, 3.05) is 15.4 Å². The quantitative estimate of drug-likeness (QED) is 0.373. The zero-order valence-corrected chi connectivity index (χ0v) is 18.3. The predicted molar refractivity (Wildman–Crippen MR) is 126 cm³/mol.